The second kappa shape index (κ2) is 8.58. The van der Waals surface area contributed by atoms with Crippen molar-refractivity contribution in [1.29, 1.82) is 0 Å². The van der Waals surface area contributed by atoms with Crippen LogP contribution in [0.5, 0.6) is 5.75 Å². The van der Waals surface area contributed by atoms with Gasteiger partial charge < -0.3 is 14.8 Å². The Labute approximate surface area is 166 Å². The number of aryl methyl sites for hydroxylation is 1. The quantitative estimate of drug-likeness (QED) is 0.640. The Morgan fingerprint density at radius 2 is 1.93 bits per heavy atom. The molecule has 0 saturated heterocycles. The van der Waals surface area contributed by atoms with Gasteiger partial charge in [0.05, 0.1) is 19.0 Å². The highest BCUT2D eigenvalue weighted by molar-refractivity contribution is 6.30. The number of halogens is 1. The van der Waals surface area contributed by atoms with Crippen LogP contribution in [-0.4, -0.2) is 35.4 Å². The number of amides is 1. The number of hydrogen-bond acceptors (Lipinski definition) is 5. The summed E-state index contributed by atoms with van der Waals surface area (Å²) in [6.07, 6.45) is 1.57. The van der Waals surface area contributed by atoms with E-state index in [1.54, 1.807) is 24.4 Å². The van der Waals surface area contributed by atoms with Crippen molar-refractivity contribution in [3.8, 4) is 11.4 Å². The zero-order chi connectivity index (χ0) is 20.1. The summed E-state index contributed by atoms with van der Waals surface area (Å²) >= 11 is 5.90. The van der Waals surface area contributed by atoms with E-state index in [1.165, 1.54) is 11.8 Å². The number of carbonyl (C=O) groups is 2. The van der Waals surface area contributed by atoms with Crippen molar-refractivity contribution in [3.05, 3.63) is 71.0 Å². The first-order valence-corrected chi connectivity index (χ1v) is 8.78. The predicted molar refractivity (Wildman–Crippen MR) is 105 cm³/mol. The fourth-order valence-electron chi connectivity index (χ4n) is 2.51. The summed E-state index contributed by atoms with van der Waals surface area (Å²) < 4.78 is 11.8. The maximum Gasteiger partial charge on any atom is 0.363 e. The second-order valence-electron chi connectivity index (χ2n) is 5.91. The molecule has 0 aliphatic carbocycles. The lowest BCUT2D eigenvalue weighted by Gasteiger charge is -2.09. The third kappa shape index (κ3) is 4.50. The van der Waals surface area contributed by atoms with Crippen molar-refractivity contribution in [2.45, 2.75) is 6.92 Å². The number of hydrogen-bond donors (Lipinski definition) is 1. The highest BCUT2D eigenvalue weighted by atomic mass is 35.5. The van der Waals surface area contributed by atoms with Gasteiger partial charge in [0.25, 0.3) is 5.91 Å². The van der Waals surface area contributed by atoms with Crippen LogP contribution in [0, 0.1) is 6.92 Å². The van der Waals surface area contributed by atoms with Crippen LogP contribution in [-0.2, 0) is 9.53 Å². The fraction of sp³-hybridized carbons (Fsp3) is 0.150. The van der Waals surface area contributed by atoms with Gasteiger partial charge in [-0.3, -0.25) is 4.79 Å². The van der Waals surface area contributed by atoms with Crippen molar-refractivity contribution in [2.75, 3.05) is 19.0 Å². The predicted octanol–water partition coefficient (Wildman–Crippen LogP) is 3.64. The van der Waals surface area contributed by atoms with Gasteiger partial charge in [0.1, 0.15) is 0 Å². The van der Waals surface area contributed by atoms with Crippen molar-refractivity contribution in [3.63, 3.8) is 0 Å². The first kappa shape index (κ1) is 19.4. The van der Waals surface area contributed by atoms with Crippen LogP contribution in [0.25, 0.3) is 5.69 Å². The number of nitrogens with zero attached hydrogens (tertiary/aromatic N) is 2. The number of aromatic nitrogens is 2. The lowest BCUT2D eigenvalue weighted by molar-refractivity contribution is -0.119. The molecule has 0 spiro atoms. The number of anilines is 1. The van der Waals surface area contributed by atoms with Gasteiger partial charge in [-0.25, -0.2) is 9.48 Å². The van der Waals surface area contributed by atoms with Gasteiger partial charge in [-0.2, -0.15) is 5.10 Å². The van der Waals surface area contributed by atoms with E-state index in [2.05, 4.69) is 10.4 Å². The van der Waals surface area contributed by atoms with E-state index in [0.717, 1.165) is 11.3 Å². The molecular formula is C20H18ClN3O4. The van der Waals surface area contributed by atoms with E-state index >= 15 is 0 Å². The third-order valence-corrected chi connectivity index (χ3v) is 4.15. The lowest BCUT2D eigenvalue weighted by atomic mass is 10.2. The summed E-state index contributed by atoms with van der Waals surface area (Å²) in [5.74, 6) is -0.974. The molecule has 7 nitrogen and oxygen atoms in total. The van der Waals surface area contributed by atoms with Crippen molar-refractivity contribution in [1.82, 2.24) is 9.78 Å². The highest BCUT2D eigenvalue weighted by Gasteiger charge is 2.21. The number of ether oxygens (including phenoxy) is 2. The molecule has 3 aromatic rings. The highest BCUT2D eigenvalue weighted by Crippen LogP contribution is 2.21. The molecule has 0 fully saturated rings. The Morgan fingerprint density at radius 3 is 2.61 bits per heavy atom. The largest absolute Gasteiger partial charge is 0.493 e. The first-order chi connectivity index (χ1) is 13.5. The molecule has 0 aliphatic rings. The van der Waals surface area contributed by atoms with Crippen molar-refractivity contribution >= 4 is 29.2 Å². The molecule has 2 aromatic carbocycles. The Bertz CT molecular complexity index is 1000. The minimum atomic E-state index is -0.755. The molecular weight excluding hydrogens is 382 g/mol. The van der Waals surface area contributed by atoms with E-state index in [9.17, 15) is 9.59 Å². The van der Waals surface area contributed by atoms with Gasteiger partial charge in [0.15, 0.2) is 12.4 Å². The number of carbonyl (C=O) groups excluding carboxylic acids is 2. The molecule has 3 rings (SSSR count). The van der Waals surface area contributed by atoms with Gasteiger partial charge >= 0.3 is 5.97 Å². The summed E-state index contributed by atoms with van der Waals surface area (Å²) in [5, 5.41) is 7.45. The monoisotopic (exact) mass is 399 g/mol. The molecule has 1 heterocycles. The van der Waals surface area contributed by atoms with Gasteiger partial charge in [-0.05, 0) is 42.8 Å². The summed E-state index contributed by atoms with van der Waals surface area (Å²) in [6, 6.07) is 14.3. The zero-order valence-electron chi connectivity index (χ0n) is 15.3. The molecule has 144 valence electrons. The minimum Gasteiger partial charge on any atom is -0.493 e. The molecule has 0 atom stereocenters. The van der Waals surface area contributed by atoms with Crippen LogP contribution < -0.4 is 10.1 Å². The van der Waals surface area contributed by atoms with Crippen LogP contribution in [0.2, 0.25) is 5.02 Å². The van der Waals surface area contributed by atoms with Crippen LogP contribution in [0.4, 0.5) is 5.69 Å². The topological polar surface area (TPSA) is 82.5 Å². The van der Waals surface area contributed by atoms with Crippen LogP contribution in [0.1, 0.15) is 16.1 Å². The van der Waals surface area contributed by atoms with Crippen LogP contribution in [0.3, 0.4) is 0 Å². The second-order valence-corrected chi connectivity index (χ2v) is 6.35. The Kier molecular flexibility index (Phi) is 5.96. The third-order valence-electron chi connectivity index (χ3n) is 3.91. The fourth-order valence-corrected chi connectivity index (χ4v) is 2.74. The number of para-hydroxylation sites is 1. The maximum absolute atomic E-state index is 12.4. The Hall–Kier alpha value is -3.32. The van der Waals surface area contributed by atoms with Gasteiger partial charge in [0, 0.05) is 10.7 Å². The number of nitrogens with one attached hydrogen (secondary N) is 1. The normalized spacial score (nSPS) is 10.4. The summed E-state index contributed by atoms with van der Waals surface area (Å²) in [6.45, 7) is 1.36. The SMILES string of the molecule is COc1cn(-c2ccccc2)nc1C(=O)OCC(=O)Nc1ccc(Cl)cc1C. The van der Waals surface area contributed by atoms with E-state index in [-0.39, 0.29) is 11.4 Å². The smallest absolute Gasteiger partial charge is 0.363 e. The van der Waals surface area contributed by atoms with E-state index < -0.39 is 18.5 Å². The summed E-state index contributed by atoms with van der Waals surface area (Å²) in [5.41, 5.74) is 2.14. The molecule has 0 unspecified atom stereocenters. The average Bonchev–Trinajstić information content (AvgIpc) is 3.13. The summed E-state index contributed by atoms with van der Waals surface area (Å²) in [7, 11) is 1.43. The van der Waals surface area contributed by atoms with Gasteiger partial charge in [0.2, 0.25) is 5.69 Å². The van der Waals surface area contributed by atoms with Crippen LogP contribution >= 0.6 is 11.6 Å². The van der Waals surface area contributed by atoms with E-state index in [1.807, 2.05) is 37.3 Å². The van der Waals surface area contributed by atoms with Gasteiger partial charge in [-0.1, -0.05) is 29.8 Å². The van der Waals surface area contributed by atoms with Crippen molar-refractivity contribution in [2.24, 2.45) is 0 Å². The van der Waals surface area contributed by atoms with E-state index in [0.29, 0.717) is 10.7 Å². The van der Waals surface area contributed by atoms with E-state index in [4.69, 9.17) is 21.1 Å². The molecule has 1 N–H and O–H groups in total. The average molecular weight is 400 g/mol. The number of methoxy groups -OCH3 is 1. The molecule has 28 heavy (non-hydrogen) atoms. The molecule has 0 bridgehead atoms. The molecule has 0 saturated carbocycles. The molecule has 0 aliphatic heterocycles. The minimum absolute atomic E-state index is 0.0122. The van der Waals surface area contributed by atoms with Crippen molar-refractivity contribution < 1.29 is 19.1 Å². The molecule has 1 aromatic heterocycles. The number of esters is 1. The molecule has 1 amide bonds. The Balaban J connectivity index is 1.66. The zero-order valence-corrected chi connectivity index (χ0v) is 16.1. The lowest BCUT2D eigenvalue weighted by Crippen LogP contribution is -2.21. The van der Waals surface area contributed by atoms with Gasteiger partial charge in [-0.15, -0.1) is 0 Å². The molecule has 8 heteroatoms. The number of benzene rings is 2. The number of rotatable bonds is 6. The standard InChI is InChI=1S/C20H18ClN3O4/c1-13-10-14(21)8-9-16(13)22-18(25)12-28-20(26)19-17(27-2)11-24(23-19)15-6-4-3-5-7-15/h3-11H,12H2,1-2H3,(H,22,25). The Morgan fingerprint density at radius 1 is 1.18 bits per heavy atom. The first-order valence-electron chi connectivity index (χ1n) is 8.40. The van der Waals surface area contributed by atoms with Crippen LogP contribution in [0.15, 0.2) is 54.7 Å². The molecule has 0 radical (unpaired) electrons. The maximum atomic E-state index is 12.4. The summed E-state index contributed by atoms with van der Waals surface area (Å²) in [4.78, 5) is 24.5.